The lowest BCUT2D eigenvalue weighted by Crippen LogP contribution is -2.52. The Hall–Kier alpha value is -3.42. The van der Waals surface area contributed by atoms with Crippen LogP contribution < -0.4 is 24.4 Å². The molecule has 3 aliphatic rings. The van der Waals surface area contributed by atoms with Crippen LogP contribution in [0.4, 0.5) is 11.4 Å². The summed E-state index contributed by atoms with van der Waals surface area (Å²) in [6, 6.07) is 13.0. The van der Waals surface area contributed by atoms with Gasteiger partial charge in [0.2, 0.25) is 5.91 Å². The van der Waals surface area contributed by atoms with Crippen LogP contribution in [0.25, 0.3) is 0 Å². The van der Waals surface area contributed by atoms with Gasteiger partial charge in [0.1, 0.15) is 5.75 Å². The smallest absolute Gasteiger partial charge is 0.265 e. The molecule has 1 N–H and O–H groups in total. The van der Waals surface area contributed by atoms with E-state index in [1.54, 1.807) is 12.1 Å². The molecule has 0 aromatic heterocycles. The first-order chi connectivity index (χ1) is 16.2. The molecule has 1 atom stereocenters. The van der Waals surface area contributed by atoms with Gasteiger partial charge in [0.25, 0.3) is 5.91 Å². The summed E-state index contributed by atoms with van der Waals surface area (Å²) in [5, 5.41) is 2.95. The number of nitrogens with one attached hydrogen (secondary N) is 1. The summed E-state index contributed by atoms with van der Waals surface area (Å²) in [4.78, 5) is 29.8. The number of nitrogens with zero attached hydrogens (tertiary/aromatic N) is 2. The summed E-state index contributed by atoms with van der Waals surface area (Å²) in [7, 11) is 0. The Bertz CT molecular complexity index is 1020. The number of hydrogen-bond donors (Lipinski definition) is 1. The highest BCUT2D eigenvalue weighted by Crippen LogP contribution is 2.34. The van der Waals surface area contributed by atoms with Crippen molar-refractivity contribution in [2.45, 2.75) is 31.8 Å². The highest BCUT2D eigenvalue weighted by Gasteiger charge is 2.34. The van der Waals surface area contributed by atoms with Gasteiger partial charge < -0.3 is 29.3 Å². The average molecular weight is 452 g/mol. The lowest BCUT2D eigenvalue weighted by Gasteiger charge is -2.38. The molecule has 1 saturated heterocycles. The summed E-state index contributed by atoms with van der Waals surface area (Å²) < 4.78 is 17.4. The number of carbonyl (C=O) groups excluding carboxylic acids is 2. The van der Waals surface area contributed by atoms with Crippen LogP contribution >= 0.6 is 0 Å². The third-order valence-electron chi connectivity index (χ3n) is 6.17. The molecule has 0 bridgehead atoms. The number of benzene rings is 2. The highest BCUT2D eigenvalue weighted by molar-refractivity contribution is 5.95. The minimum Gasteiger partial charge on any atom is -0.490 e. The number of anilines is 2. The van der Waals surface area contributed by atoms with Gasteiger partial charge in [0.05, 0.1) is 32.0 Å². The Balaban J connectivity index is 1.29. The van der Waals surface area contributed by atoms with Crippen molar-refractivity contribution in [3.8, 4) is 17.2 Å². The Morgan fingerprint density at radius 1 is 0.909 bits per heavy atom. The second-order valence-corrected chi connectivity index (χ2v) is 8.60. The molecule has 1 fully saturated rings. The SMILES string of the molecule is O=C(CN1C[C@@H](C(=O)N2CCCCC2)Oc2ccccc21)Nc1ccc2c(c1)OCCCO2. The molecule has 2 aromatic rings. The monoisotopic (exact) mass is 451 g/mol. The van der Waals surface area contributed by atoms with Crippen molar-refractivity contribution in [2.24, 2.45) is 0 Å². The zero-order chi connectivity index (χ0) is 22.6. The van der Waals surface area contributed by atoms with Gasteiger partial charge in [-0.1, -0.05) is 12.1 Å². The molecule has 0 unspecified atom stereocenters. The molecule has 8 heteroatoms. The van der Waals surface area contributed by atoms with E-state index in [2.05, 4.69) is 5.32 Å². The molecule has 3 aliphatic heterocycles. The molecule has 3 heterocycles. The summed E-state index contributed by atoms with van der Waals surface area (Å²) in [6.07, 6.45) is 3.41. The number of para-hydroxylation sites is 2. The van der Waals surface area contributed by atoms with Crippen molar-refractivity contribution < 1.29 is 23.8 Å². The maximum absolute atomic E-state index is 13.1. The number of amides is 2. The van der Waals surface area contributed by atoms with Gasteiger partial charge in [-0.3, -0.25) is 9.59 Å². The van der Waals surface area contributed by atoms with Crippen LogP contribution in [0.5, 0.6) is 17.2 Å². The Morgan fingerprint density at radius 2 is 1.70 bits per heavy atom. The van der Waals surface area contributed by atoms with Gasteiger partial charge in [-0.15, -0.1) is 0 Å². The molecule has 0 radical (unpaired) electrons. The average Bonchev–Trinajstić information content (AvgIpc) is 3.09. The molecular formula is C25H29N3O5. The van der Waals surface area contributed by atoms with Crippen LogP contribution in [0.2, 0.25) is 0 Å². The first-order valence-corrected chi connectivity index (χ1v) is 11.7. The number of fused-ring (bicyclic) bond motifs is 2. The zero-order valence-corrected chi connectivity index (χ0v) is 18.6. The normalized spacial score (nSPS) is 19.7. The zero-order valence-electron chi connectivity index (χ0n) is 18.6. The molecule has 0 spiro atoms. The van der Waals surface area contributed by atoms with E-state index in [-0.39, 0.29) is 18.4 Å². The summed E-state index contributed by atoms with van der Waals surface area (Å²) in [5.74, 6) is 1.77. The first-order valence-electron chi connectivity index (χ1n) is 11.7. The van der Waals surface area contributed by atoms with Crippen molar-refractivity contribution in [2.75, 3.05) is 49.6 Å². The predicted octanol–water partition coefficient (Wildman–Crippen LogP) is 3.07. The van der Waals surface area contributed by atoms with Gasteiger partial charge >= 0.3 is 0 Å². The first kappa shape index (κ1) is 21.4. The fraction of sp³-hybridized carbons (Fsp3) is 0.440. The van der Waals surface area contributed by atoms with Crippen LogP contribution in [0.15, 0.2) is 42.5 Å². The van der Waals surface area contributed by atoms with E-state index in [0.29, 0.717) is 42.7 Å². The molecule has 0 aliphatic carbocycles. The Morgan fingerprint density at radius 3 is 2.55 bits per heavy atom. The number of carbonyl (C=O) groups is 2. The fourth-order valence-electron chi connectivity index (χ4n) is 4.52. The van der Waals surface area contributed by atoms with E-state index < -0.39 is 6.10 Å². The van der Waals surface area contributed by atoms with Crippen molar-refractivity contribution in [3.63, 3.8) is 0 Å². The lowest BCUT2D eigenvalue weighted by atomic mass is 10.1. The number of ether oxygens (including phenoxy) is 3. The van der Waals surface area contributed by atoms with Crippen molar-refractivity contribution >= 4 is 23.2 Å². The number of piperidine rings is 1. The van der Waals surface area contributed by atoms with Gasteiger partial charge in [-0.05, 0) is 43.5 Å². The van der Waals surface area contributed by atoms with E-state index in [9.17, 15) is 9.59 Å². The second kappa shape index (κ2) is 9.60. The lowest BCUT2D eigenvalue weighted by molar-refractivity contribution is -0.139. The van der Waals surface area contributed by atoms with Gasteiger partial charge in [0, 0.05) is 31.3 Å². The third-order valence-corrected chi connectivity index (χ3v) is 6.17. The maximum atomic E-state index is 13.1. The van der Waals surface area contributed by atoms with Crippen LogP contribution in [-0.4, -0.2) is 62.2 Å². The van der Waals surface area contributed by atoms with Crippen LogP contribution in [0, 0.1) is 0 Å². The van der Waals surface area contributed by atoms with Gasteiger partial charge in [-0.25, -0.2) is 0 Å². The predicted molar refractivity (Wildman–Crippen MR) is 124 cm³/mol. The van der Waals surface area contributed by atoms with Crippen molar-refractivity contribution in [1.82, 2.24) is 4.90 Å². The summed E-state index contributed by atoms with van der Waals surface area (Å²) in [5.41, 5.74) is 1.46. The minimum atomic E-state index is -0.621. The number of rotatable bonds is 4. The highest BCUT2D eigenvalue weighted by atomic mass is 16.5. The number of hydrogen-bond acceptors (Lipinski definition) is 6. The minimum absolute atomic E-state index is 0.00230. The Labute approximate surface area is 193 Å². The number of likely N-dealkylation sites (tertiary alicyclic amines) is 1. The molecule has 2 aromatic carbocycles. The van der Waals surface area contributed by atoms with Crippen molar-refractivity contribution in [3.05, 3.63) is 42.5 Å². The van der Waals surface area contributed by atoms with Crippen LogP contribution in [0.3, 0.4) is 0 Å². The molecule has 0 saturated carbocycles. The topological polar surface area (TPSA) is 80.3 Å². The summed E-state index contributed by atoms with van der Waals surface area (Å²) >= 11 is 0. The van der Waals surface area contributed by atoms with Crippen molar-refractivity contribution in [1.29, 1.82) is 0 Å². The van der Waals surface area contributed by atoms with E-state index in [1.165, 1.54) is 0 Å². The molecule has 5 rings (SSSR count). The van der Waals surface area contributed by atoms with Gasteiger partial charge in [-0.2, -0.15) is 0 Å². The van der Waals surface area contributed by atoms with E-state index in [1.807, 2.05) is 40.1 Å². The van der Waals surface area contributed by atoms with Crippen LogP contribution in [-0.2, 0) is 9.59 Å². The van der Waals surface area contributed by atoms with Gasteiger partial charge in [0.15, 0.2) is 17.6 Å². The quantitative estimate of drug-likeness (QED) is 0.770. The molecular weight excluding hydrogens is 422 g/mol. The molecule has 174 valence electrons. The summed E-state index contributed by atoms with van der Waals surface area (Å²) in [6.45, 7) is 3.18. The van der Waals surface area contributed by atoms with E-state index in [0.717, 1.165) is 44.5 Å². The standard InChI is InChI=1S/C25H29N3O5/c29-24(26-18-9-10-21-22(15-18)32-14-6-13-31-21)17-28-16-23(25(30)27-11-4-1-5-12-27)33-20-8-3-2-7-19(20)28/h2-3,7-10,15,23H,1,4-6,11-14,16-17H2,(H,26,29)/t23-/m0/s1. The Kier molecular flexibility index (Phi) is 6.24. The van der Waals surface area contributed by atoms with Crippen LogP contribution in [0.1, 0.15) is 25.7 Å². The maximum Gasteiger partial charge on any atom is 0.265 e. The van der Waals surface area contributed by atoms with E-state index in [4.69, 9.17) is 14.2 Å². The van der Waals surface area contributed by atoms with E-state index >= 15 is 0 Å². The molecule has 8 nitrogen and oxygen atoms in total. The second-order valence-electron chi connectivity index (χ2n) is 8.60. The molecule has 2 amide bonds. The fourth-order valence-corrected chi connectivity index (χ4v) is 4.52. The third kappa shape index (κ3) is 4.84. The molecule has 33 heavy (non-hydrogen) atoms. The largest absolute Gasteiger partial charge is 0.490 e.